The van der Waals surface area contributed by atoms with Gasteiger partial charge in [0.1, 0.15) is 0 Å². The summed E-state index contributed by atoms with van der Waals surface area (Å²) in [5, 5.41) is 9.53. The smallest absolute Gasteiger partial charge is 0.234 e. The summed E-state index contributed by atoms with van der Waals surface area (Å²) in [7, 11) is 1.68. The van der Waals surface area contributed by atoms with Crippen molar-refractivity contribution in [2.45, 2.75) is 50.9 Å². The summed E-state index contributed by atoms with van der Waals surface area (Å²) >= 11 is 6.47. The van der Waals surface area contributed by atoms with Gasteiger partial charge < -0.3 is 16.0 Å². The predicted octanol–water partition coefficient (Wildman–Crippen LogP) is 4.81. The van der Waals surface area contributed by atoms with Gasteiger partial charge in [-0.3, -0.25) is 14.5 Å². The van der Waals surface area contributed by atoms with E-state index in [1.54, 1.807) is 13.2 Å². The first kappa shape index (κ1) is 27.1. The predicted molar refractivity (Wildman–Crippen MR) is 155 cm³/mol. The van der Waals surface area contributed by atoms with Crippen LogP contribution in [0.1, 0.15) is 55.0 Å². The normalized spacial score (nSPS) is 18.4. The van der Waals surface area contributed by atoms with Crippen LogP contribution in [0.5, 0.6) is 0 Å². The molecule has 0 bridgehead atoms. The Morgan fingerprint density at radius 3 is 2.74 bits per heavy atom. The second-order valence-electron chi connectivity index (χ2n) is 10.9. The highest BCUT2D eigenvalue weighted by atomic mass is 35.5. The van der Waals surface area contributed by atoms with Crippen molar-refractivity contribution in [3.05, 3.63) is 76.1 Å². The van der Waals surface area contributed by atoms with Crippen LogP contribution < -0.4 is 16.0 Å². The molecule has 39 heavy (non-hydrogen) atoms. The van der Waals surface area contributed by atoms with Gasteiger partial charge in [-0.25, -0.2) is 9.97 Å². The molecule has 1 atom stereocenters. The Labute approximate surface area is 234 Å². The number of fused-ring (bicyclic) bond motifs is 1. The maximum absolute atomic E-state index is 12.4. The third-order valence-corrected chi connectivity index (χ3v) is 8.15. The zero-order chi connectivity index (χ0) is 27.6. The largest absolute Gasteiger partial charge is 0.358 e. The van der Waals surface area contributed by atoms with Crippen molar-refractivity contribution in [1.82, 2.24) is 20.2 Å². The van der Waals surface area contributed by atoms with Crippen molar-refractivity contribution in [2.24, 2.45) is 0 Å². The van der Waals surface area contributed by atoms with Gasteiger partial charge in [0, 0.05) is 25.0 Å². The van der Waals surface area contributed by atoms with Gasteiger partial charge in [-0.05, 0) is 86.9 Å². The first-order valence-corrected chi connectivity index (χ1v) is 13.9. The summed E-state index contributed by atoms with van der Waals surface area (Å²) in [4.78, 5) is 35.5. The lowest BCUT2D eigenvalue weighted by atomic mass is 9.82. The number of anilines is 3. The van der Waals surface area contributed by atoms with E-state index in [9.17, 15) is 9.59 Å². The minimum Gasteiger partial charge on any atom is -0.358 e. The number of amides is 2. The van der Waals surface area contributed by atoms with E-state index in [0.29, 0.717) is 36.3 Å². The lowest BCUT2D eigenvalue weighted by Gasteiger charge is -2.32. The molecule has 3 aromatic rings. The molecule has 2 aliphatic rings. The Morgan fingerprint density at radius 1 is 1.18 bits per heavy atom. The number of halogens is 1. The Morgan fingerprint density at radius 2 is 1.97 bits per heavy atom. The minimum absolute atomic E-state index is 0.0206. The van der Waals surface area contributed by atoms with Crippen LogP contribution in [-0.2, 0) is 27.8 Å². The van der Waals surface area contributed by atoms with E-state index in [-0.39, 0.29) is 11.8 Å². The fourth-order valence-corrected chi connectivity index (χ4v) is 5.84. The lowest BCUT2D eigenvalue weighted by Crippen LogP contribution is -2.41. The summed E-state index contributed by atoms with van der Waals surface area (Å²) in [6.07, 6.45) is 5.18. The Balaban J connectivity index is 1.24. The number of piperidine rings is 1. The fraction of sp³-hybridized carbons (Fsp3) is 0.400. The van der Waals surface area contributed by atoms with Crippen molar-refractivity contribution >= 4 is 40.7 Å². The summed E-state index contributed by atoms with van der Waals surface area (Å²) in [6.45, 7) is 6.20. The van der Waals surface area contributed by atoms with Gasteiger partial charge in [0.25, 0.3) is 0 Å². The number of hydrogen-bond acceptors (Lipinski definition) is 6. The molecule has 1 unspecified atom stereocenters. The summed E-state index contributed by atoms with van der Waals surface area (Å²) in [5.41, 5.74) is 5.41. The molecule has 2 aromatic carbocycles. The second-order valence-corrected chi connectivity index (χ2v) is 11.3. The Bertz CT molecular complexity index is 1370. The van der Waals surface area contributed by atoms with Crippen LogP contribution in [0.2, 0.25) is 5.02 Å². The van der Waals surface area contributed by atoms with Crippen LogP contribution in [0.4, 0.5) is 17.3 Å². The number of rotatable bonds is 8. The number of carbonyl (C=O) groups is 2. The summed E-state index contributed by atoms with van der Waals surface area (Å²) in [5.74, 6) is 0.978. The number of hydrogen-bond donors (Lipinski definition) is 3. The SMILES string of the molecule is CNC(=O)CN1CCCC(c2ccc(Nc3ncc(Cl)c(CCc4cccc5c4C(C)(C)C(=O)N5)n3)cc2)C1. The molecule has 204 valence electrons. The molecule has 0 saturated carbocycles. The first-order chi connectivity index (χ1) is 18.7. The van der Waals surface area contributed by atoms with E-state index >= 15 is 0 Å². The topological polar surface area (TPSA) is 99.3 Å². The molecule has 2 aliphatic heterocycles. The number of aryl methyl sites for hydroxylation is 2. The third kappa shape index (κ3) is 5.92. The highest BCUT2D eigenvalue weighted by molar-refractivity contribution is 6.31. The quantitative estimate of drug-likeness (QED) is 0.375. The average Bonchev–Trinajstić information content (AvgIpc) is 3.17. The van der Waals surface area contributed by atoms with Crippen molar-refractivity contribution in [1.29, 1.82) is 0 Å². The maximum atomic E-state index is 12.4. The molecule has 0 radical (unpaired) electrons. The van der Waals surface area contributed by atoms with Gasteiger partial charge >= 0.3 is 0 Å². The van der Waals surface area contributed by atoms with Crippen LogP contribution in [0.3, 0.4) is 0 Å². The molecule has 8 nitrogen and oxygen atoms in total. The van der Waals surface area contributed by atoms with Gasteiger partial charge in [0.2, 0.25) is 17.8 Å². The number of nitrogens with zero attached hydrogens (tertiary/aromatic N) is 3. The van der Waals surface area contributed by atoms with Gasteiger partial charge in [0.15, 0.2) is 0 Å². The zero-order valence-corrected chi connectivity index (χ0v) is 23.4. The standard InChI is InChI=1S/C30H35ClN6O2/c1-30(2)27-20(6-4-8-25(27)35-28(30)39)11-14-24-23(31)16-33-29(36-24)34-22-12-9-19(10-13-22)21-7-5-15-37(17-21)18-26(38)32-3/h4,6,8-10,12-13,16,21H,5,7,11,14-15,17-18H2,1-3H3,(H,32,38)(H,35,39)(H,33,34,36). The molecule has 9 heteroatoms. The Kier molecular flexibility index (Phi) is 7.86. The molecule has 0 aliphatic carbocycles. The van der Waals surface area contributed by atoms with E-state index in [0.717, 1.165) is 54.1 Å². The first-order valence-electron chi connectivity index (χ1n) is 13.5. The third-order valence-electron chi connectivity index (χ3n) is 7.83. The van der Waals surface area contributed by atoms with Gasteiger partial charge in [-0.15, -0.1) is 0 Å². The van der Waals surface area contributed by atoms with Crippen LogP contribution in [0.15, 0.2) is 48.7 Å². The minimum atomic E-state index is -0.569. The monoisotopic (exact) mass is 546 g/mol. The molecule has 3 N–H and O–H groups in total. The molecule has 1 saturated heterocycles. The summed E-state index contributed by atoms with van der Waals surface area (Å²) < 4.78 is 0. The second kappa shape index (κ2) is 11.3. The molecule has 1 aromatic heterocycles. The highest BCUT2D eigenvalue weighted by Crippen LogP contribution is 2.40. The van der Waals surface area contributed by atoms with Crippen LogP contribution in [0.25, 0.3) is 0 Å². The van der Waals surface area contributed by atoms with Crippen LogP contribution >= 0.6 is 11.6 Å². The number of carbonyl (C=O) groups excluding carboxylic acids is 2. The van der Waals surface area contributed by atoms with E-state index in [1.165, 1.54) is 5.56 Å². The van der Waals surface area contributed by atoms with Crippen molar-refractivity contribution in [2.75, 3.05) is 37.3 Å². The molecular formula is C30H35ClN6O2. The van der Waals surface area contributed by atoms with Crippen molar-refractivity contribution in [3.63, 3.8) is 0 Å². The maximum Gasteiger partial charge on any atom is 0.234 e. The Hall–Kier alpha value is -3.49. The molecule has 1 fully saturated rings. The molecule has 2 amide bonds. The fourth-order valence-electron chi connectivity index (χ4n) is 5.65. The lowest BCUT2D eigenvalue weighted by molar-refractivity contribution is -0.122. The summed E-state index contributed by atoms with van der Waals surface area (Å²) in [6, 6.07) is 14.4. The van der Waals surface area contributed by atoms with Gasteiger partial charge in [-0.1, -0.05) is 35.9 Å². The van der Waals surface area contributed by atoms with Crippen molar-refractivity contribution in [3.8, 4) is 0 Å². The average molecular weight is 547 g/mol. The van der Waals surface area contributed by atoms with Gasteiger partial charge in [-0.2, -0.15) is 0 Å². The van der Waals surface area contributed by atoms with E-state index in [4.69, 9.17) is 16.6 Å². The van der Waals surface area contributed by atoms with E-state index < -0.39 is 5.41 Å². The van der Waals surface area contributed by atoms with Crippen LogP contribution in [0, 0.1) is 0 Å². The van der Waals surface area contributed by atoms with Gasteiger partial charge in [0.05, 0.1) is 28.9 Å². The van der Waals surface area contributed by atoms with Crippen LogP contribution in [-0.4, -0.2) is 53.4 Å². The molecule has 0 spiro atoms. The van der Waals surface area contributed by atoms with E-state index in [1.807, 2.05) is 38.1 Å². The molecule has 5 rings (SSSR count). The number of aromatic nitrogens is 2. The van der Waals surface area contributed by atoms with Crippen molar-refractivity contribution < 1.29 is 9.59 Å². The van der Waals surface area contributed by atoms with E-state index in [2.05, 4.69) is 44.0 Å². The number of nitrogens with one attached hydrogen (secondary N) is 3. The number of likely N-dealkylation sites (N-methyl/N-ethyl adjacent to an activating group) is 1. The molecule has 3 heterocycles. The zero-order valence-electron chi connectivity index (χ0n) is 22.7. The number of likely N-dealkylation sites (tertiary alicyclic amines) is 1. The molecular weight excluding hydrogens is 512 g/mol. The highest BCUT2D eigenvalue weighted by Gasteiger charge is 2.39. The number of benzene rings is 2.